The van der Waals surface area contributed by atoms with Gasteiger partial charge in [-0.3, -0.25) is 9.20 Å². The van der Waals surface area contributed by atoms with Gasteiger partial charge in [0.2, 0.25) is 0 Å². The largest absolute Gasteiger partial charge is 0.434 e. The van der Waals surface area contributed by atoms with E-state index in [4.69, 9.17) is 0 Å². The second kappa shape index (κ2) is 10.1. The summed E-state index contributed by atoms with van der Waals surface area (Å²) in [5.74, 6) is 0.172. The second-order valence-electron chi connectivity index (χ2n) is 9.49. The van der Waals surface area contributed by atoms with Crippen molar-refractivity contribution in [2.45, 2.75) is 68.8 Å². The van der Waals surface area contributed by atoms with Crippen molar-refractivity contribution in [3.8, 4) is 0 Å². The predicted molar refractivity (Wildman–Crippen MR) is 132 cm³/mol. The molecule has 0 saturated heterocycles. The SMILES string of the molecule is CC(C)S(=O)(=O)Cc1cccc(C(=O)NC2CCC(Nc3cccc4nc(C(F)(F)F)cn34)CC2)c1. The van der Waals surface area contributed by atoms with Gasteiger partial charge in [-0.25, -0.2) is 13.4 Å². The monoisotopic (exact) mass is 522 g/mol. The van der Waals surface area contributed by atoms with E-state index in [1.165, 1.54) is 10.5 Å². The van der Waals surface area contributed by atoms with Crippen molar-refractivity contribution < 1.29 is 26.4 Å². The Morgan fingerprint density at radius 2 is 1.75 bits per heavy atom. The van der Waals surface area contributed by atoms with Gasteiger partial charge in [-0.2, -0.15) is 13.2 Å². The van der Waals surface area contributed by atoms with Crippen LogP contribution < -0.4 is 10.6 Å². The maximum absolute atomic E-state index is 13.1. The van der Waals surface area contributed by atoms with Crippen LogP contribution >= 0.6 is 0 Å². The van der Waals surface area contributed by atoms with Crippen LogP contribution in [0.4, 0.5) is 19.0 Å². The summed E-state index contributed by atoms with van der Waals surface area (Å²) in [4.78, 5) is 16.5. The normalized spacial score (nSPS) is 18.9. The van der Waals surface area contributed by atoms with Crippen LogP contribution in [0, 0.1) is 0 Å². The first-order chi connectivity index (χ1) is 16.9. The fourth-order valence-corrected chi connectivity index (χ4v) is 5.30. The molecule has 0 aliphatic heterocycles. The van der Waals surface area contributed by atoms with Crippen LogP contribution in [0.1, 0.15) is 61.1 Å². The first-order valence-corrected chi connectivity index (χ1v) is 13.6. The molecule has 0 unspecified atom stereocenters. The highest BCUT2D eigenvalue weighted by molar-refractivity contribution is 7.91. The number of halogens is 3. The second-order valence-corrected chi connectivity index (χ2v) is 12.0. The minimum Gasteiger partial charge on any atom is -0.368 e. The number of alkyl halides is 3. The van der Waals surface area contributed by atoms with Crippen LogP contribution in [-0.4, -0.2) is 41.0 Å². The average molecular weight is 523 g/mol. The maximum Gasteiger partial charge on any atom is 0.434 e. The lowest BCUT2D eigenvalue weighted by molar-refractivity contribution is -0.140. The molecule has 7 nitrogen and oxygen atoms in total. The molecule has 194 valence electrons. The molecule has 1 aliphatic rings. The molecule has 0 atom stereocenters. The Kier molecular flexibility index (Phi) is 7.31. The number of rotatable bonds is 7. The highest BCUT2D eigenvalue weighted by Crippen LogP contribution is 2.30. The highest BCUT2D eigenvalue weighted by Gasteiger charge is 2.34. The zero-order valence-electron chi connectivity index (χ0n) is 20.0. The topological polar surface area (TPSA) is 92.6 Å². The molecule has 1 aromatic carbocycles. The number of benzene rings is 1. The summed E-state index contributed by atoms with van der Waals surface area (Å²) in [7, 11) is -3.27. The fourth-order valence-electron chi connectivity index (χ4n) is 4.33. The molecule has 36 heavy (non-hydrogen) atoms. The molecular formula is C25H29F3N4O3S. The number of hydrogen-bond acceptors (Lipinski definition) is 5. The molecule has 1 fully saturated rings. The summed E-state index contributed by atoms with van der Waals surface area (Å²) >= 11 is 0. The molecule has 1 saturated carbocycles. The third-order valence-corrected chi connectivity index (χ3v) is 8.64. The van der Waals surface area contributed by atoms with Crippen molar-refractivity contribution in [3.05, 3.63) is 65.5 Å². The van der Waals surface area contributed by atoms with E-state index in [2.05, 4.69) is 15.6 Å². The molecule has 0 spiro atoms. The van der Waals surface area contributed by atoms with Gasteiger partial charge < -0.3 is 10.6 Å². The minimum absolute atomic E-state index is 0.0422. The van der Waals surface area contributed by atoms with Gasteiger partial charge in [0.05, 0.1) is 11.0 Å². The van der Waals surface area contributed by atoms with Gasteiger partial charge in [-0.1, -0.05) is 18.2 Å². The summed E-state index contributed by atoms with van der Waals surface area (Å²) in [5, 5.41) is 5.85. The summed E-state index contributed by atoms with van der Waals surface area (Å²) in [6, 6.07) is 11.6. The smallest absolute Gasteiger partial charge is 0.368 e. The molecule has 2 aromatic heterocycles. The number of carbonyl (C=O) groups excluding carboxylic acids is 1. The molecule has 2 N–H and O–H groups in total. The summed E-state index contributed by atoms with van der Waals surface area (Å²) in [5.41, 5.74) is 0.274. The lowest BCUT2D eigenvalue weighted by atomic mass is 9.91. The Hall–Kier alpha value is -3.08. The number of anilines is 1. The average Bonchev–Trinajstić information content (AvgIpc) is 3.26. The zero-order valence-corrected chi connectivity index (χ0v) is 20.9. The third-order valence-electron chi connectivity index (χ3n) is 6.47. The fraction of sp³-hybridized carbons (Fsp3) is 0.440. The molecule has 11 heteroatoms. The molecular weight excluding hydrogens is 493 g/mol. The first kappa shape index (κ1) is 26.0. The van der Waals surface area contributed by atoms with E-state index in [9.17, 15) is 26.4 Å². The molecule has 3 aromatic rings. The Morgan fingerprint density at radius 1 is 1.08 bits per heavy atom. The molecule has 0 radical (unpaired) electrons. The van der Waals surface area contributed by atoms with E-state index in [0.717, 1.165) is 19.0 Å². The number of amides is 1. The van der Waals surface area contributed by atoms with E-state index < -0.39 is 27.0 Å². The van der Waals surface area contributed by atoms with Crippen molar-refractivity contribution in [2.75, 3.05) is 5.32 Å². The number of nitrogens with one attached hydrogen (secondary N) is 2. The Bertz CT molecular complexity index is 1340. The van der Waals surface area contributed by atoms with Crippen molar-refractivity contribution in [3.63, 3.8) is 0 Å². The van der Waals surface area contributed by atoms with E-state index in [-0.39, 0.29) is 29.4 Å². The third kappa shape index (κ3) is 6.00. The van der Waals surface area contributed by atoms with Crippen LogP contribution in [-0.2, 0) is 21.8 Å². The van der Waals surface area contributed by atoms with E-state index in [1.807, 2.05) is 0 Å². The van der Waals surface area contributed by atoms with E-state index in [1.54, 1.807) is 50.2 Å². The number of pyridine rings is 1. The standard InChI is InChI=1S/C25H29F3N4O3S/c1-16(2)36(34,35)15-17-5-3-6-18(13-17)24(33)30-20-11-9-19(10-12-20)29-22-7-4-8-23-31-21(14-32(22)23)25(26,27)28/h3-8,13-14,16,19-20,29H,9-12,15H2,1-2H3,(H,30,33). The maximum atomic E-state index is 13.1. The van der Waals surface area contributed by atoms with Gasteiger partial charge in [-0.15, -0.1) is 0 Å². The molecule has 1 aliphatic carbocycles. The summed E-state index contributed by atoms with van der Waals surface area (Å²) in [6.07, 6.45) is -0.646. The van der Waals surface area contributed by atoms with Crippen LogP contribution in [0.25, 0.3) is 5.65 Å². The number of fused-ring (bicyclic) bond motifs is 1. The Morgan fingerprint density at radius 3 is 2.42 bits per heavy atom. The van der Waals surface area contributed by atoms with Gasteiger partial charge in [0, 0.05) is 23.8 Å². The van der Waals surface area contributed by atoms with Gasteiger partial charge in [0.15, 0.2) is 15.5 Å². The number of hydrogen-bond donors (Lipinski definition) is 2. The van der Waals surface area contributed by atoms with E-state index >= 15 is 0 Å². The van der Waals surface area contributed by atoms with Crippen LogP contribution in [0.2, 0.25) is 0 Å². The number of aromatic nitrogens is 2. The van der Waals surface area contributed by atoms with E-state index in [0.29, 0.717) is 29.8 Å². The van der Waals surface area contributed by atoms with Gasteiger partial charge >= 0.3 is 6.18 Å². The number of nitrogens with zero attached hydrogens (tertiary/aromatic N) is 2. The Labute approximate surface area is 208 Å². The number of imidazole rings is 1. The van der Waals surface area contributed by atoms with Crippen molar-refractivity contribution in [1.29, 1.82) is 0 Å². The van der Waals surface area contributed by atoms with Crippen LogP contribution in [0.15, 0.2) is 48.7 Å². The lowest BCUT2D eigenvalue weighted by Gasteiger charge is -2.30. The molecule has 4 rings (SSSR count). The first-order valence-electron chi connectivity index (χ1n) is 11.9. The predicted octanol–water partition coefficient (Wildman–Crippen LogP) is 4.83. The highest BCUT2D eigenvalue weighted by atomic mass is 32.2. The molecule has 0 bridgehead atoms. The zero-order chi connectivity index (χ0) is 26.1. The minimum atomic E-state index is -4.51. The van der Waals surface area contributed by atoms with Crippen LogP contribution in [0.5, 0.6) is 0 Å². The Balaban J connectivity index is 1.34. The number of carbonyl (C=O) groups is 1. The van der Waals surface area contributed by atoms with Crippen molar-refractivity contribution >= 4 is 27.2 Å². The van der Waals surface area contributed by atoms with Crippen molar-refractivity contribution in [2.24, 2.45) is 0 Å². The van der Waals surface area contributed by atoms with Gasteiger partial charge in [-0.05, 0) is 69.4 Å². The summed E-state index contributed by atoms with van der Waals surface area (Å²) < 4.78 is 65.0. The summed E-state index contributed by atoms with van der Waals surface area (Å²) in [6.45, 7) is 3.26. The molecule has 2 heterocycles. The number of sulfone groups is 1. The van der Waals surface area contributed by atoms with Crippen molar-refractivity contribution in [1.82, 2.24) is 14.7 Å². The molecule has 1 amide bonds. The van der Waals surface area contributed by atoms with Gasteiger partial charge in [0.1, 0.15) is 11.5 Å². The van der Waals surface area contributed by atoms with Crippen LogP contribution in [0.3, 0.4) is 0 Å². The van der Waals surface area contributed by atoms with Gasteiger partial charge in [0.25, 0.3) is 5.91 Å². The quantitative estimate of drug-likeness (QED) is 0.464. The lowest BCUT2D eigenvalue weighted by Crippen LogP contribution is -2.40.